The molecule has 2 bridgehead atoms. The Balaban J connectivity index is 1.54. The van der Waals surface area contributed by atoms with Crippen LogP contribution in [0.1, 0.15) is 73.9 Å². The third kappa shape index (κ3) is 7.32. The summed E-state index contributed by atoms with van der Waals surface area (Å²) >= 11 is 6.32. The highest BCUT2D eigenvalue weighted by Crippen LogP contribution is 2.42. The molecular weight excluding hydrogens is 586 g/mol. The van der Waals surface area contributed by atoms with Gasteiger partial charge in [0, 0.05) is 29.7 Å². The van der Waals surface area contributed by atoms with E-state index in [0.29, 0.717) is 36.1 Å². The second kappa shape index (κ2) is 13.3. The summed E-state index contributed by atoms with van der Waals surface area (Å²) in [4.78, 5) is 17.8. The minimum atomic E-state index is -3.94. The molecule has 1 amide bonds. The van der Waals surface area contributed by atoms with Gasteiger partial charge in [-0.15, -0.1) is 0 Å². The van der Waals surface area contributed by atoms with Gasteiger partial charge < -0.3 is 19.6 Å². The smallest absolute Gasteiger partial charge is 0.264 e. The first-order valence-corrected chi connectivity index (χ1v) is 17.5. The number of fused-ring (bicyclic) bond motifs is 3. The quantitative estimate of drug-likeness (QED) is 0.443. The number of amides is 1. The number of rotatable bonds is 1. The number of nitrogens with one attached hydrogen (secondary N) is 1. The molecule has 2 aromatic rings. The van der Waals surface area contributed by atoms with Crippen LogP contribution in [-0.4, -0.2) is 68.9 Å². The molecule has 236 valence electrons. The van der Waals surface area contributed by atoms with Crippen molar-refractivity contribution in [1.82, 2.24) is 9.62 Å². The van der Waals surface area contributed by atoms with Gasteiger partial charge in [0.2, 0.25) is 10.0 Å². The molecule has 2 N–H and O–H groups in total. The Labute approximate surface area is 261 Å². The fourth-order valence-corrected chi connectivity index (χ4v) is 8.35. The molecule has 2 aromatic carbocycles. The van der Waals surface area contributed by atoms with Crippen LogP contribution in [-0.2, 0) is 23.1 Å². The molecule has 0 aromatic heterocycles. The van der Waals surface area contributed by atoms with E-state index in [1.165, 1.54) is 5.56 Å². The number of aliphatic hydroxyl groups excluding tert-OH is 1. The van der Waals surface area contributed by atoms with Gasteiger partial charge in [-0.3, -0.25) is 4.79 Å². The summed E-state index contributed by atoms with van der Waals surface area (Å²) in [5.74, 6) is 0.281. The molecule has 1 fully saturated rings. The first-order valence-electron chi connectivity index (χ1n) is 15.6. The van der Waals surface area contributed by atoms with Crippen molar-refractivity contribution in [3.63, 3.8) is 0 Å². The van der Waals surface area contributed by atoms with Crippen LogP contribution >= 0.6 is 11.6 Å². The topological polar surface area (TPSA) is 99.2 Å². The fourth-order valence-electron chi connectivity index (χ4n) is 6.87. The molecule has 43 heavy (non-hydrogen) atoms. The number of sulfonamides is 1. The maximum absolute atomic E-state index is 13.4. The van der Waals surface area contributed by atoms with Crippen molar-refractivity contribution in [2.75, 3.05) is 32.1 Å². The summed E-state index contributed by atoms with van der Waals surface area (Å²) in [5.41, 5.74) is 3.31. The number of anilines is 1. The van der Waals surface area contributed by atoms with E-state index in [-0.39, 0.29) is 23.4 Å². The number of aliphatic hydroxyl groups is 1. The number of hydrogen-bond acceptors (Lipinski definition) is 7. The summed E-state index contributed by atoms with van der Waals surface area (Å²) in [5, 5.41) is 11.4. The molecule has 0 radical (unpaired) electrons. The zero-order chi connectivity index (χ0) is 30.9. The molecule has 2 aliphatic heterocycles. The van der Waals surface area contributed by atoms with Crippen molar-refractivity contribution in [3.8, 4) is 5.75 Å². The van der Waals surface area contributed by atoms with Gasteiger partial charge >= 0.3 is 0 Å². The maximum Gasteiger partial charge on any atom is 0.264 e. The van der Waals surface area contributed by atoms with Gasteiger partial charge in [-0.05, 0) is 125 Å². The monoisotopic (exact) mass is 631 g/mol. The predicted octanol–water partition coefficient (Wildman–Crippen LogP) is 5.26. The highest BCUT2D eigenvalue weighted by Gasteiger charge is 2.40. The van der Waals surface area contributed by atoms with E-state index < -0.39 is 27.3 Å². The Bertz CT molecular complexity index is 1420. The van der Waals surface area contributed by atoms with Crippen LogP contribution in [0.25, 0.3) is 0 Å². The molecule has 1 saturated carbocycles. The Hall–Kier alpha value is -2.33. The van der Waals surface area contributed by atoms with Gasteiger partial charge in [0.05, 0.1) is 17.0 Å². The minimum absolute atomic E-state index is 0.0214. The molecular formula is C33H46ClN3O5S. The average Bonchev–Trinajstić information content (AvgIpc) is 2.96. The third-order valence-electron chi connectivity index (χ3n) is 10.1. The van der Waals surface area contributed by atoms with E-state index in [1.54, 1.807) is 25.1 Å². The van der Waals surface area contributed by atoms with Crippen LogP contribution in [0.4, 0.5) is 5.69 Å². The lowest BCUT2D eigenvalue weighted by atomic mass is 9.69. The van der Waals surface area contributed by atoms with Gasteiger partial charge in [0.25, 0.3) is 5.91 Å². The lowest BCUT2D eigenvalue weighted by Crippen LogP contribution is -2.47. The molecule has 3 aliphatic rings. The van der Waals surface area contributed by atoms with Gasteiger partial charge in [-0.2, -0.15) is 0 Å². The molecule has 10 heteroatoms. The van der Waals surface area contributed by atoms with Crippen molar-refractivity contribution in [2.45, 2.75) is 82.8 Å². The summed E-state index contributed by atoms with van der Waals surface area (Å²) in [7, 11) is 0.0216. The van der Waals surface area contributed by atoms with Crippen LogP contribution in [0.15, 0.2) is 36.4 Å². The lowest BCUT2D eigenvalue weighted by Gasteiger charge is -2.44. The van der Waals surface area contributed by atoms with Gasteiger partial charge in [0.1, 0.15) is 12.4 Å². The zero-order valence-corrected chi connectivity index (χ0v) is 27.3. The molecule has 6 atom stereocenters. The largest absolute Gasteiger partial charge is 0.487 e. The summed E-state index contributed by atoms with van der Waals surface area (Å²) < 4.78 is 35.5. The number of benzene rings is 2. The van der Waals surface area contributed by atoms with Crippen LogP contribution in [0, 0.1) is 17.8 Å². The fraction of sp³-hybridized carbons (Fsp3) is 0.606. The Morgan fingerprint density at radius 3 is 2.56 bits per heavy atom. The first-order chi connectivity index (χ1) is 20.4. The molecule has 8 nitrogen and oxygen atoms in total. The number of hydrogen-bond donors (Lipinski definition) is 2. The highest BCUT2D eigenvalue weighted by atomic mass is 35.5. The second-order valence-electron chi connectivity index (χ2n) is 13.1. The second-order valence-corrected chi connectivity index (χ2v) is 15.6. The predicted molar refractivity (Wildman–Crippen MR) is 171 cm³/mol. The van der Waals surface area contributed by atoms with Crippen molar-refractivity contribution >= 4 is 33.2 Å². The molecule has 0 unspecified atom stereocenters. The number of carbonyl (C=O) groups is 1. The van der Waals surface area contributed by atoms with Crippen LogP contribution < -0.4 is 14.4 Å². The average molecular weight is 632 g/mol. The SMILES string of the molecule is C[C@@H]1[C@@H](C)C[C@@H](N(C)C)C[C@H](O)[C@@H]2CC[C@H]2CN2CCCCc3cc(Cl)ccc3COc3ccc(cc32)C(=O)NS1(=O)=O. The van der Waals surface area contributed by atoms with E-state index in [9.17, 15) is 18.3 Å². The minimum Gasteiger partial charge on any atom is -0.487 e. The van der Waals surface area contributed by atoms with Crippen LogP contribution in [0.2, 0.25) is 5.02 Å². The zero-order valence-electron chi connectivity index (χ0n) is 25.8. The van der Waals surface area contributed by atoms with Crippen molar-refractivity contribution in [3.05, 3.63) is 58.1 Å². The van der Waals surface area contributed by atoms with E-state index in [0.717, 1.165) is 56.4 Å². The van der Waals surface area contributed by atoms with E-state index >= 15 is 0 Å². The molecule has 5 rings (SSSR count). The summed E-state index contributed by atoms with van der Waals surface area (Å²) in [6.45, 7) is 5.42. The number of nitrogens with zero attached hydrogens (tertiary/aromatic N) is 2. The van der Waals surface area contributed by atoms with E-state index in [1.807, 2.05) is 39.2 Å². The number of carbonyl (C=O) groups excluding carboxylic acids is 1. The normalized spacial score (nSPS) is 30.1. The van der Waals surface area contributed by atoms with Crippen LogP contribution in [0.5, 0.6) is 5.75 Å². The number of halogens is 1. The van der Waals surface area contributed by atoms with E-state index in [2.05, 4.69) is 14.5 Å². The Kier molecular flexibility index (Phi) is 9.96. The highest BCUT2D eigenvalue weighted by molar-refractivity contribution is 7.90. The molecule has 2 heterocycles. The Morgan fingerprint density at radius 1 is 1.05 bits per heavy atom. The van der Waals surface area contributed by atoms with Crippen molar-refractivity contribution in [2.24, 2.45) is 17.8 Å². The molecule has 0 saturated heterocycles. The van der Waals surface area contributed by atoms with Gasteiger partial charge in [-0.1, -0.05) is 24.6 Å². The number of ether oxygens (including phenoxy) is 1. The lowest BCUT2D eigenvalue weighted by molar-refractivity contribution is -0.00518. The third-order valence-corrected chi connectivity index (χ3v) is 12.2. The maximum atomic E-state index is 13.4. The van der Waals surface area contributed by atoms with Crippen LogP contribution in [0.3, 0.4) is 0 Å². The summed E-state index contributed by atoms with van der Waals surface area (Å²) in [6.07, 6.45) is 5.52. The Morgan fingerprint density at radius 2 is 1.84 bits per heavy atom. The van der Waals surface area contributed by atoms with Crippen molar-refractivity contribution in [1.29, 1.82) is 0 Å². The standard InChI is InChI=1S/C33H46ClN3O5S/c1-21-15-28(36(3)4)18-31(38)29-12-9-25(29)19-37-14-6-5-7-23-16-27(34)11-8-26(23)20-42-32-13-10-24(17-30(32)37)33(39)35-43(40,41)22(21)2/h8,10-11,13,16-17,21-22,25,28-29,31,38H,5-7,9,12,14-15,18-20H2,1-4H3,(H,35,39)/t21-,22+,25-,28+,29+,31-/m0/s1. The van der Waals surface area contributed by atoms with Gasteiger partial charge in [0.15, 0.2) is 0 Å². The molecule has 0 spiro atoms. The molecule has 1 aliphatic carbocycles. The first kappa shape index (κ1) is 32.1. The van der Waals surface area contributed by atoms with Gasteiger partial charge in [-0.25, -0.2) is 13.1 Å². The number of aryl methyl sites for hydroxylation is 1. The summed E-state index contributed by atoms with van der Waals surface area (Å²) in [6, 6.07) is 11.1. The van der Waals surface area contributed by atoms with E-state index in [4.69, 9.17) is 16.3 Å². The van der Waals surface area contributed by atoms with Crippen molar-refractivity contribution < 1.29 is 23.1 Å².